The number of hydrogen-bond donors (Lipinski definition) is 0. The van der Waals surface area contributed by atoms with Gasteiger partial charge in [0.1, 0.15) is 5.60 Å². The molecule has 5 nitrogen and oxygen atoms in total. The third kappa shape index (κ3) is 9.18. The minimum atomic E-state index is -0.448. The van der Waals surface area contributed by atoms with Crippen molar-refractivity contribution in [2.45, 2.75) is 90.6 Å². The first kappa shape index (κ1) is 23.7. The van der Waals surface area contributed by atoms with Crippen LogP contribution >= 0.6 is 0 Å². The van der Waals surface area contributed by atoms with Gasteiger partial charge in [-0.1, -0.05) is 30.3 Å². The highest BCUT2D eigenvalue weighted by Gasteiger charge is 2.34. The van der Waals surface area contributed by atoms with Crippen LogP contribution in [0.4, 0.5) is 4.79 Å². The van der Waals surface area contributed by atoms with Crippen LogP contribution in [0.5, 0.6) is 0 Å². The summed E-state index contributed by atoms with van der Waals surface area (Å²) in [6.07, 6.45) is 4.90. The largest absolute Gasteiger partial charge is 0.444 e. The van der Waals surface area contributed by atoms with E-state index in [4.69, 9.17) is 14.2 Å². The van der Waals surface area contributed by atoms with Gasteiger partial charge in [0, 0.05) is 19.7 Å². The fourth-order valence-corrected chi connectivity index (χ4v) is 3.38. The molecule has 0 radical (unpaired) electrons. The summed E-state index contributed by atoms with van der Waals surface area (Å²) in [4.78, 5) is 14.0. The Hall–Kier alpha value is -1.59. The van der Waals surface area contributed by atoms with Gasteiger partial charge in [-0.25, -0.2) is 4.79 Å². The van der Waals surface area contributed by atoms with Crippen molar-refractivity contribution in [3.63, 3.8) is 0 Å². The van der Waals surface area contributed by atoms with Gasteiger partial charge in [-0.15, -0.1) is 0 Å². The predicted molar refractivity (Wildman–Crippen MR) is 116 cm³/mol. The topological polar surface area (TPSA) is 48.0 Å². The lowest BCUT2D eigenvalue weighted by Crippen LogP contribution is -2.48. The molecule has 1 aliphatic heterocycles. The number of piperidine rings is 1. The highest BCUT2D eigenvalue weighted by Crippen LogP contribution is 2.27. The molecule has 1 atom stereocenters. The zero-order valence-corrected chi connectivity index (χ0v) is 18.9. The second kappa shape index (κ2) is 11.0. The molecule has 0 spiro atoms. The lowest BCUT2D eigenvalue weighted by atomic mass is 9.93. The zero-order chi connectivity index (χ0) is 21.3. The van der Waals surface area contributed by atoms with E-state index in [-0.39, 0.29) is 17.8 Å². The van der Waals surface area contributed by atoms with Crippen LogP contribution in [-0.4, -0.2) is 48.0 Å². The number of likely N-dealkylation sites (tertiary alicyclic amines) is 1. The molecule has 0 aliphatic carbocycles. The number of rotatable bonds is 9. The van der Waals surface area contributed by atoms with E-state index in [9.17, 15) is 4.79 Å². The van der Waals surface area contributed by atoms with Gasteiger partial charge in [0.25, 0.3) is 0 Å². The van der Waals surface area contributed by atoms with E-state index >= 15 is 0 Å². The lowest BCUT2D eigenvalue weighted by Gasteiger charge is -2.39. The quantitative estimate of drug-likeness (QED) is 0.504. The van der Waals surface area contributed by atoms with Crippen molar-refractivity contribution in [3.05, 3.63) is 35.9 Å². The summed E-state index contributed by atoms with van der Waals surface area (Å²) in [5, 5.41) is 0. The van der Waals surface area contributed by atoms with E-state index < -0.39 is 5.60 Å². The van der Waals surface area contributed by atoms with Gasteiger partial charge in [0.05, 0.1) is 18.3 Å². The number of unbranched alkanes of at least 4 members (excludes halogenated alkanes) is 1. The maximum absolute atomic E-state index is 12.2. The Morgan fingerprint density at radius 2 is 1.79 bits per heavy atom. The van der Waals surface area contributed by atoms with Crippen molar-refractivity contribution in [2.75, 3.05) is 19.7 Å². The van der Waals surface area contributed by atoms with E-state index in [0.717, 1.165) is 38.7 Å². The average molecular weight is 406 g/mol. The van der Waals surface area contributed by atoms with Crippen molar-refractivity contribution < 1.29 is 19.0 Å². The second-order valence-electron chi connectivity index (χ2n) is 9.37. The second-order valence-corrected chi connectivity index (χ2v) is 9.37. The minimum Gasteiger partial charge on any atom is -0.444 e. The fourth-order valence-electron chi connectivity index (χ4n) is 3.38. The molecule has 164 valence electrons. The molecular formula is C24H39NO4. The van der Waals surface area contributed by atoms with Crippen LogP contribution in [0.1, 0.15) is 72.3 Å². The maximum Gasteiger partial charge on any atom is 0.410 e. The molecule has 5 heteroatoms. The molecule has 1 heterocycles. The van der Waals surface area contributed by atoms with Gasteiger partial charge >= 0.3 is 6.09 Å². The predicted octanol–water partition coefficient (Wildman–Crippen LogP) is 5.57. The third-order valence-corrected chi connectivity index (χ3v) is 5.31. The molecule has 0 bridgehead atoms. The summed E-state index contributed by atoms with van der Waals surface area (Å²) >= 11 is 0. The number of amides is 1. The molecule has 1 aromatic carbocycles. The van der Waals surface area contributed by atoms with Crippen LogP contribution in [0, 0.1) is 0 Å². The van der Waals surface area contributed by atoms with Gasteiger partial charge in [-0.05, 0) is 72.3 Å². The van der Waals surface area contributed by atoms with E-state index in [1.165, 1.54) is 5.56 Å². The first-order valence-corrected chi connectivity index (χ1v) is 10.9. The van der Waals surface area contributed by atoms with Crippen molar-refractivity contribution in [1.29, 1.82) is 0 Å². The molecule has 1 amide bonds. The third-order valence-electron chi connectivity index (χ3n) is 5.31. The molecule has 29 heavy (non-hydrogen) atoms. The Kier molecular flexibility index (Phi) is 8.97. The number of carbonyl (C=O) groups excluding carboxylic acids is 1. The van der Waals surface area contributed by atoms with Crippen molar-refractivity contribution in [1.82, 2.24) is 4.90 Å². The summed E-state index contributed by atoms with van der Waals surface area (Å²) in [6, 6.07) is 10.3. The van der Waals surface area contributed by atoms with Gasteiger partial charge in [-0.2, -0.15) is 0 Å². The SMILES string of the molecule is C[C@H](CCCCOC1(C)CCN(C(=O)OC(C)(C)C)CC1)OCc1ccccc1. The average Bonchev–Trinajstić information content (AvgIpc) is 2.66. The Labute approximate surface area is 176 Å². The normalized spacial score (nSPS) is 17.8. The van der Waals surface area contributed by atoms with Crippen LogP contribution in [0.15, 0.2) is 30.3 Å². The van der Waals surface area contributed by atoms with E-state index in [2.05, 4.69) is 26.0 Å². The minimum absolute atomic E-state index is 0.145. The molecular weight excluding hydrogens is 366 g/mol. The molecule has 0 saturated carbocycles. The zero-order valence-electron chi connectivity index (χ0n) is 18.9. The molecule has 0 aromatic heterocycles. The van der Waals surface area contributed by atoms with Crippen LogP contribution in [0.3, 0.4) is 0 Å². The van der Waals surface area contributed by atoms with Crippen LogP contribution in [0.2, 0.25) is 0 Å². The molecule has 0 unspecified atom stereocenters. The molecule has 0 N–H and O–H groups in total. The highest BCUT2D eigenvalue weighted by molar-refractivity contribution is 5.68. The first-order chi connectivity index (χ1) is 13.7. The summed E-state index contributed by atoms with van der Waals surface area (Å²) in [7, 11) is 0. The number of ether oxygens (including phenoxy) is 3. The Balaban J connectivity index is 1.56. The van der Waals surface area contributed by atoms with Crippen molar-refractivity contribution in [2.24, 2.45) is 0 Å². The maximum atomic E-state index is 12.2. The number of nitrogens with zero attached hydrogens (tertiary/aromatic N) is 1. The van der Waals surface area contributed by atoms with E-state index in [0.29, 0.717) is 19.7 Å². The number of hydrogen-bond acceptors (Lipinski definition) is 4. The van der Waals surface area contributed by atoms with Crippen LogP contribution in [0.25, 0.3) is 0 Å². The monoisotopic (exact) mass is 405 g/mol. The molecule has 1 aliphatic rings. The fraction of sp³-hybridized carbons (Fsp3) is 0.708. The number of carbonyl (C=O) groups is 1. The molecule has 2 rings (SSSR count). The molecule has 1 fully saturated rings. The Morgan fingerprint density at radius 1 is 1.14 bits per heavy atom. The van der Waals surface area contributed by atoms with Gasteiger partial charge in [-0.3, -0.25) is 0 Å². The lowest BCUT2D eigenvalue weighted by molar-refractivity contribution is -0.0739. The summed E-state index contributed by atoms with van der Waals surface area (Å²) < 4.78 is 17.6. The molecule has 1 saturated heterocycles. The van der Waals surface area contributed by atoms with Crippen LogP contribution in [-0.2, 0) is 20.8 Å². The number of benzene rings is 1. The van der Waals surface area contributed by atoms with Gasteiger partial charge < -0.3 is 19.1 Å². The summed E-state index contributed by atoms with van der Waals surface area (Å²) in [5.41, 5.74) is 0.623. The van der Waals surface area contributed by atoms with E-state index in [1.807, 2.05) is 39.0 Å². The van der Waals surface area contributed by atoms with Crippen LogP contribution < -0.4 is 0 Å². The smallest absolute Gasteiger partial charge is 0.410 e. The Morgan fingerprint density at radius 3 is 2.41 bits per heavy atom. The first-order valence-electron chi connectivity index (χ1n) is 10.9. The van der Waals surface area contributed by atoms with Gasteiger partial charge in [0.15, 0.2) is 0 Å². The summed E-state index contributed by atoms with van der Waals surface area (Å²) in [5.74, 6) is 0. The Bertz CT molecular complexity index is 603. The molecule has 1 aromatic rings. The highest BCUT2D eigenvalue weighted by atomic mass is 16.6. The summed E-state index contributed by atoms with van der Waals surface area (Å²) in [6.45, 7) is 12.8. The standard InChI is InChI=1S/C24H39NO4/c1-20(27-19-21-12-7-6-8-13-21)11-9-10-18-28-24(5)14-16-25(17-15-24)22(26)29-23(2,3)4/h6-8,12-13,20H,9-11,14-19H2,1-5H3/t20-/m1/s1. The van der Waals surface area contributed by atoms with Crippen molar-refractivity contribution >= 4 is 6.09 Å². The van der Waals surface area contributed by atoms with Crippen molar-refractivity contribution in [3.8, 4) is 0 Å². The van der Waals surface area contributed by atoms with E-state index in [1.54, 1.807) is 4.90 Å². The van der Waals surface area contributed by atoms with Gasteiger partial charge in [0.2, 0.25) is 0 Å².